The van der Waals surface area contributed by atoms with Crippen LogP contribution in [-0.2, 0) is 21.3 Å². The van der Waals surface area contributed by atoms with Crippen LogP contribution in [0.3, 0.4) is 0 Å². The highest BCUT2D eigenvalue weighted by atomic mass is 32.2. The molecule has 10 heteroatoms. The average Bonchev–Trinajstić information content (AvgIpc) is 3.14. The molecule has 0 radical (unpaired) electrons. The average molecular weight is 426 g/mol. The summed E-state index contributed by atoms with van der Waals surface area (Å²) in [7, 11) is -3.33. The van der Waals surface area contributed by atoms with Gasteiger partial charge < -0.3 is 5.32 Å². The van der Waals surface area contributed by atoms with E-state index in [0.717, 1.165) is 5.56 Å². The van der Waals surface area contributed by atoms with Gasteiger partial charge in [0, 0.05) is 22.8 Å². The molecular formula is C20H18N4O5S. The van der Waals surface area contributed by atoms with E-state index in [1.54, 1.807) is 6.92 Å². The van der Waals surface area contributed by atoms with Gasteiger partial charge >= 0.3 is 0 Å². The third-order valence-electron chi connectivity index (χ3n) is 5.03. The van der Waals surface area contributed by atoms with Crippen molar-refractivity contribution < 1.29 is 18.1 Å². The lowest BCUT2D eigenvalue weighted by Crippen LogP contribution is -2.17. The number of nitro groups is 1. The Balaban J connectivity index is 1.79. The van der Waals surface area contributed by atoms with E-state index in [-0.39, 0.29) is 28.6 Å². The molecule has 2 heterocycles. The summed E-state index contributed by atoms with van der Waals surface area (Å²) < 4.78 is 25.7. The van der Waals surface area contributed by atoms with Crippen molar-refractivity contribution in [1.82, 2.24) is 9.78 Å². The van der Waals surface area contributed by atoms with E-state index in [0.29, 0.717) is 22.5 Å². The van der Waals surface area contributed by atoms with Gasteiger partial charge in [0.15, 0.2) is 9.84 Å². The molecule has 2 aromatic carbocycles. The number of anilines is 1. The molecule has 1 aromatic heterocycles. The fourth-order valence-electron chi connectivity index (χ4n) is 3.47. The van der Waals surface area contributed by atoms with E-state index in [9.17, 15) is 23.3 Å². The van der Waals surface area contributed by atoms with Crippen molar-refractivity contribution in [3.8, 4) is 5.69 Å². The van der Waals surface area contributed by atoms with Crippen LogP contribution in [0.1, 0.15) is 32.7 Å². The number of para-hydroxylation sites is 1. The molecule has 30 heavy (non-hydrogen) atoms. The van der Waals surface area contributed by atoms with Crippen LogP contribution in [0.15, 0.2) is 42.5 Å². The molecule has 1 aliphatic rings. The second-order valence-corrected chi connectivity index (χ2v) is 9.28. The van der Waals surface area contributed by atoms with E-state index in [2.05, 4.69) is 10.4 Å². The van der Waals surface area contributed by atoms with Crippen molar-refractivity contribution >= 4 is 27.2 Å². The molecule has 1 N–H and O–H groups in total. The van der Waals surface area contributed by atoms with Crippen LogP contribution in [-0.4, -0.2) is 29.0 Å². The molecule has 9 nitrogen and oxygen atoms in total. The Hall–Kier alpha value is -3.53. The van der Waals surface area contributed by atoms with Gasteiger partial charge in [-0.05, 0) is 31.5 Å². The predicted molar refractivity (Wildman–Crippen MR) is 110 cm³/mol. The molecule has 0 saturated heterocycles. The molecule has 0 unspecified atom stereocenters. The Morgan fingerprint density at radius 1 is 1.13 bits per heavy atom. The number of sulfone groups is 1. The van der Waals surface area contributed by atoms with E-state index in [1.807, 2.05) is 31.2 Å². The molecule has 0 spiro atoms. The van der Waals surface area contributed by atoms with Gasteiger partial charge in [-0.1, -0.05) is 24.3 Å². The zero-order chi connectivity index (χ0) is 21.6. The summed E-state index contributed by atoms with van der Waals surface area (Å²) in [6, 6.07) is 11.6. The monoisotopic (exact) mass is 426 g/mol. The number of amides is 1. The SMILES string of the molecule is Cc1ccccc1-n1nc2c(c1NC(=O)c1ccc(C)c([N+](=O)[O-])c1)CS(=O)(=O)C2. The first-order valence-corrected chi connectivity index (χ1v) is 10.9. The third-order valence-corrected chi connectivity index (χ3v) is 6.47. The number of fused-ring (bicyclic) bond motifs is 1. The summed E-state index contributed by atoms with van der Waals surface area (Å²) in [5.41, 5.74) is 2.80. The topological polar surface area (TPSA) is 124 Å². The fourth-order valence-corrected chi connectivity index (χ4v) is 4.97. The van der Waals surface area contributed by atoms with E-state index >= 15 is 0 Å². The second kappa shape index (κ2) is 7.06. The summed E-state index contributed by atoms with van der Waals surface area (Å²) in [6.07, 6.45) is 0. The van der Waals surface area contributed by atoms with Gasteiger partial charge in [0.05, 0.1) is 27.8 Å². The van der Waals surface area contributed by atoms with Gasteiger partial charge in [-0.2, -0.15) is 5.10 Å². The lowest BCUT2D eigenvalue weighted by Gasteiger charge is -2.13. The fraction of sp³-hybridized carbons (Fsp3) is 0.200. The van der Waals surface area contributed by atoms with Crippen molar-refractivity contribution in [2.45, 2.75) is 25.4 Å². The van der Waals surface area contributed by atoms with Gasteiger partial charge in [0.25, 0.3) is 11.6 Å². The first kappa shape index (κ1) is 19.8. The molecule has 0 atom stereocenters. The minimum Gasteiger partial charge on any atom is -0.306 e. The summed E-state index contributed by atoms with van der Waals surface area (Å²) >= 11 is 0. The largest absolute Gasteiger partial charge is 0.306 e. The maximum absolute atomic E-state index is 12.9. The summed E-state index contributed by atoms with van der Waals surface area (Å²) in [5.74, 6) is -0.744. The lowest BCUT2D eigenvalue weighted by atomic mass is 10.1. The predicted octanol–water partition coefficient (Wildman–Crippen LogP) is 3.08. The van der Waals surface area contributed by atoms with Crippen LogP contribution >= 0.6 is 0 Å². The van der Waals surface area contributed by atoms with E-state index < -0.39 is 20.7 Å². The molecule has 0 saturated carbocycles. The number of nitro benzene ring substituents is 1. The molecule has 0 fully saturated rings. The zero-order valence-corrected chi connectivity index (χ0v) is 17.1. The molecule has 1 aliphatic heterocycles. The molecule has 3 aromatic rings. The van der Waals surface area contributed by atoms with Gasteiger partial charge in [-0.3, -0.25) is 14.9 Å². The van der Waals surface area contributed by atoms with Crippen molar-refractivity contribution in [1.29, 1.82) is 0 Å². The van der Waals surface area contributed by atoms with Gasteiger partial charge in [-0.15, -0.1) is 0 Å². The number of nitrogens with one attached hydrogen (secondary N) is 1. The van der Waals surface area contributed by atoms with Crippen LogP contribution in [0.2, 0.25) is 0 Å². The minimum atomic E-state index is -3.33. The van der Waals surface area contributed by atoms with Crippen LogP contribution < -0.4 is 5.32 Å². The maximum Gasteiger partial charge on any atom is 0.273 e. The van der Waals surface area contributed by atoms with Crippen LogP contribution in [0, 0.1) is 24.0 Å². The van der Waals surface area contributed by atoms with Gasteiger partial charge in [0.1, 0.15) is 5.82 Å². The first-order chi connectivity index (χ1) is 14.2. The highest BCUT2D eigenvalue weighted by molar-refractivity contribution is 7.90. The quantitative estimate of drug-likeness (QED) is 0.505. The number of nitrogens with zero attached hydrogens (tertiary/aromatic N) is 3. The third kappa shape index (κ3) is 3.45. The standard InChI is InChI=1S/C20H18N4O5S/c1-12-5-3-4-6-17(12)23-19(15-10-30(28,29)11-16(15)22-23)21-20(25)14-8-7-13(2)18(9-14)24(26)27/h3-9H,10-11H2,1-2H3,(H,21,25). The molecule has 0 bridgehead atoms. The highest BCUT2D eigenvalue weighted by Gasteiger charge is 2.33. The number of aryl methyl sites for hydroxylation is 2. The Kier molecular flexibility index (Phi) is 4.65. The second-order valence-electron chi connectivity index (χ2n) is 7.22. The Morgan fingerprint density at radius 3 is 2.57 bits per heavy atom. The smallest absolute Gasteiger partial charge is 0.273 e. The summed E-state index contributed by atoms with van der Waals surface area (Å²) in [4.78, 5) is 23.6. The Morgan fingerprint density at radius 2 is 1.87 bits per heavy atom. The van der Waals surface area contributed by atoms with Crippen LogP contribution in [0.25, 0.3) is 5.69 Å². The van der Waals surface area contributed by atoms with Crippen LogP contribution in [0.5, 0.6) is 0 Å². The molecular weight excluding hydrogens is 408 g/mol. The van der Waals surface area contributed by atoms with Crippen LogP contribution in [0.4, 0.5) is 11.5 Å². The van der Waals surface area contributed by atoms with Crippen molar-refractivity contribution in [2.75, 3.05) is 5.32 Å². The maximum atomic E-state index is 12.9. The molecule has 154 valence electrons. The van der Waals surface area contributed by atoms with Gasteiger partial charge in [-0.25, -0.2) is 13.1 Å². The van der Waals surface area contributed by atoms with Crippen molar-refractivity contribution in [3.05, 3.63) is 80.5 Å². The molecule has 4 rings (SSSR count). The number of benzene rings is 2. The van der Waals surface area contributed by atoms with Crippen molar-refractivity contribution in [2.24, 2.45) is 0 Å². The zero-order valence-electron chi connectivity index (χ0n) is 16.2. The van der Waals surface area contributed by atoms with Crippen molar-refractivity contribution in [3.63, 3.8) is 0 Å². The molecule has 0 aliphatic carbocycles. The number of aromatic nitrogens is 2. The summed E-state index contributed by atoms with van der Waals surface area (Å²) in [5, 5.41) is 18.4. The Bertz CT molecular complexity index is 1310. The number of rotatable bonds is 4. The number of hydrogen-bond acceptors (Lipinski definition) is 6. The van der Waals surface area contributed by atoms with E-state index in [1.165, 1.54) is 22.9 Å². The van der Waals surface area contributed by atoms with Gasteiger partial charge in [0.2, 0.25) is 0 Å². The Labute approximate surface area is 172 Å². The number of hydrogen-bond donors (Lipinski definition) is 1. The normalized spacial score (nSPS) is 14.3. The molecule has 1 amide bonds. The number of carbonyl (C=O) groups is 1. The highest BCUT2D eigenvalue weighted by Crippen LogP contribution is 2.34. The lowest BCUT2D eigenvalue weighted by molar-refractivity contribution is -0.385. The summed E-state index contributed by atoms with van der Waals surface area (Å²) in [6.45, 7) is 3.47. The van der Waals surface area contributed by atoms with E-state index in [4.69, 9.17) is 0 Å². The number of carbonyl (C=O) groups excluding carboxylic acids is 1. The minimum absolute atomic E-state index is 0.0967. The first-order valence-electron chi connectivity index (χ1n) is 9.10.